The predicted octanol–water partition coefficient (Wildman–Crippen LogP) is 4.46. The Kier molecular flexibility index (Phi) is 5.24. The average Bonchev–Trinajstić information content (AvgIpc) is 2.43. The van der Waals surface area contributed by atoms with E-state index >= 15 is 0 Å². The number of benzene rings is 1. The molecule has 0 aliphatic heterocycles. The van der Waals surface area contributed by atoms with Gasteiger partial charge in [0.15, 0.2) is 0 Å². The van der Waals surface area contributed by atoms with E-state index in [0.717, 1.165) is 12.0 Å². The van der Waals surface area contributed by atoms with Gasteiger partial charge in [-0.15, -0.1) is 0 Å². The Morgan fingerprint density at radius 1 is 1.30 bits per heavy atom. The molecule has 1 heterocycles. The Morgan fingerprint density at radius 2 is 2.10 bits per heavy atom. The van der Waals surface area contributed by atoms with Gasteiger partial charge in [-0.1, -0.05) is 36.2 Å². The Morgan fingerprint density at radius 3 is 2.80 bits per heavy atom. The molecule has 5 heteroatoms. The molecule has 2 rings (SSSR count). The summed E-state index contributed by atoms with van der Waals surface area (Å²) < 4.78 is 5.78. The van der Waals surface area contributed by atoms with Gasteiger partial charge in [-0.05, 0) is 37.1 Å². The number of hydrogen-bond acceptors (Lipinski definition) is 3. The quantitative estimate of drug-likeness (QED) is 0.887. The van der Waals surface area contributed by atoms with E-state index in [2.05, 4.69) is 11.9 Å². The molecule has 1 atom stereocenters. The van der Waals surface area contributed by atoms with Crippen molar-refractivity contribution < 1.29 is 4.74 Å². The van der Waals surface area contributed by atoms with Crippen molar-refractivity contribution in [2.75, 3.05) is 0 Å². The van der Waals surface area contributed by atoms with Crippen molar-refractivity contribution in [1.82, 2.24) is 4.98 Å². The van der Waals surface area contributed by atoms with Gasteiger partial charge in [0.1, 0.15) is 5.75 Å². The molecule has 0 bridgehead atoms. The van der Waals surface area contributed by atoms with Crippen LogP contribution < -0.4 is 10.5 Å². The Hall–Kier alpha value is -1.29. The summed E-state index contributed by atoms with van der Waals surface area (Å²) in [5, 5.41) is 1.02. The number of ether oxygens (including phenoxy) is 1. The first-order valence-corrected chi connectivity index (χ1v) is 7.18. The van der Waals surface area contributed by atoms with E-state index in [9.17, 15) is 0 Å². The summed E-state index contributed by atoms with van der Waals surface area (Å²) in [7, 11) is 0. The lowest BCUT2D eigenvalue weighted by Crippen LogP contribution is -2.21. The number of halogens is 2. The van der Waals surface area contributed by atoms with E-state index in [1.54, 1.807) is 24.4 Å². The molecule has 0 radical (unpaired) electrons. The van der Waals surface area contributed by atoms with E-state index in [-0.39, 0.29) is 6.04 Å². The summed E-state index contributed by atoms with van der Waals surface area (Å²) in [4.78, 5) is 4.26. The van der Waals surface area contributed by atoms with Gasteiger partial charge in [-0.2, -0.15) is 0 Å². The molecule has 0 saturated heterocycles. The molecule has 1 aromatic heterocycles. The molecule has 2 aromatic rings. The van der Waals surface area contributed by atoms with Crippen LogP contribution in [0.2, 0.25) is 10.0 Å². The van der Waals surface area contributed by atoms with E-state index in [1.807, 2.05) is 12.1 Å². The maximum Gasteiger partial charge on any atom is 0.222 e. The molecule has 2 N–H and O–H groups in total. The summed E-state index contributed by atoms with van der Waals surface area (Å²) in [6.07, 6.45) is 3.29. The van der Waals surface area contributed by atoms with Gasteiger partial charge in [-0.3, -0.25) is 0 Å². The number of aromatic nitrogens is 1. The summed E-state index contributed by atoms with van der Waals surface area (Å²) in [6, 6.07) is 9.00. The van der Waals surface area contributed by atoms with Gasteiger partial charge < -0.3 is 10.5 Å². The topological polar surface area (TPSA) is 48.1 Å². The first-order chi connectivity index (χ1) is 9.60. The van der Waals surface area contributed by atoms with Crippen molar-refractivity contribution in [1.29, 1.82) is 0 Å². The Bertz CT molecular complexity index is 590. The maximum absolute atomic E-state index is 6.10. The molecule has 0 saturated carbocycles. The fraction of sp³-hybridized carbons (Fsp3) is 0.267. The smallest absolute Gasteiger partial charge is 0.222 e. The van der Waals surface area contributed by atoms with Crippen LogP contribution >= 0.6 is 23.2 Å². The minimum absolute atomic E-state index is 0.0854. The highest BCUT2D eigenvalue weighted by Gasteiger charge is 2.11. The number of rotatable bonds is 5. The first kappa shape index (κ1) is 15.1. The van der Waals surface area contributed by atoms with Gasteiger partial charge >= 0.3 is 0 Å². The predicted molar refractivity (Wildman–Crippen MR) is 82.7 cm³/mol. The first-order valence-electron chi connectivity index (χ1n) is 6.42. The largest absolute Gasteiger partial charge is 0.437 e. The van der Waals surface area contributed by atoms with Crippen molar-refractivity contribution in [3.63, 3.8) is 0 Å². The molecule has 1 unspecified atom stereocenters. The van der Waals surface area contributed by atoms with Gasteiger partial charge in [0.2, 0.25) is 5.88 Å². The standard InChI is InChI=1S/C15H16Cl2N2O/c1-2-12(18)8-10-4-3-7-19-15(10)20-14-6-5-11(16)9-13(14)17/h3-7,9,12H,2,8,18H2,1H3. The van der Waals surface area contributed by atoms with Crippen LogP contribution in [0.3, 0.4) is 0 Å². The van der Waals surface area contributed by atoms with E-state index in [1.165, 1.54) is 0 Å². The van der Waals surface area contributed by atoms with Crippen LogP contribution in [-0.2, 0) is 6.42 Å². The molecule has 0 fully saturated rings. The lowest BCUT2D eigenvalue weighted by molar-refractivity contribution is 0.452. The summed E-state index contributed by atoms with van der Waals surface area (Å²) >= 11 is 12.0. The van der Waals surface area contributed by atoms with Gasteiger partial charge in [-0.25, -0.2) is 4.98 Å². The molecule has 3 nitrogen and oxygen atoms in total. The van der Waals surface area contributed by atoms with Crippen molar-refractivity contribution in [3.05, 3.63) is 52.1 Å². The zero-order valence-electron chi connectivity index (χ0n) is 11.1. The zero-order chi connectivity index (χ0) is 14.5. The SMILES string of the molecule is CCC(N)Cc1cccnc1Oc1ccc(Cl)cc1Cl. The van der Waals surface area contributed by atoms with E-state index < -0.39 is 0 Å². The minimum Gasteiger partial charge on any atom is -0.437 e. The highest BCUT2D eigenvalue weighted by atomic mass is 35.5. The minimum atomic E-state index is 0.0854. The van der Waals surface area contributed by atoms with Crippen molar-refractivity contribution in [3.8, 4) is 11.6 Å². The van der Waals surface area contributed by atoms with E-state index in [4.69, 9.17) is 33.7 Å². The molecule has 0 aliphatic carbocycles. The normalized spacial score (nSPS) is 12.2. The highest BCUT2D eigenvalue weighted by Crippen LogP contribution is 2.32. The second-order valence-electron chi connectivity index (χ2n) is 4.52. The number of nitrogens with zero attached hydrogens (tertiary/aromatic N) is 1. The molecule has 0 aliphatic rings. The number of pyridine rings is 1. The summed E-state index contributed by atoms with van der Waals surface area (Å²) in [6.45, 7) is 2.05. The van der Waals surface area contributed by atoms with E-state index in [0.29, 0.717) is 28.1 Å². The molecular formula is C15H16Cl2N2O. The van der Waals surface area contributed by atoms with Crippen LogP contribution in [0.1, 0.15) is 18.9 Å². The van der Waals surface area contributed by atoms with Crippen molar-refractivity contribution in [2.45, 2.75) is 25.8 Å². The van der Waals surface area contributed by atoms with Crippen LogP contribution in [0.25, 0.3) is 0 Å². The lowest BCUT2D eigenvalue weighted by atomic mass is 10.1. The molecule has 1 aromatic carbocycles. The molecular weight excluding hydrogens is 295 g/mol. The average molecular weight is 311 g/mol. The lowest BCUT2D eigenvalue weighted by Gasteiger charge is -2.13. The summed E-state index contributed by atoms with van der Waals surface area (Å²) in [5.74, 6) is 1.06. The van der Waals surface area contributed by atoms with Gasteiger partial charge in [0.25, 0.3) is 0 Å². The highest BCUT2D eigenvalue weighted by molar-refractivity contribution is 6.35. The molecule has 0 spiro atoms. The zero-order valence-corrected chi connectivity index (χ0v) is 12.7. The second kappa shape index (κ2) is 6.93. The van der Waals surface area contributed by atoms with Crippen LogP contribution in [0.4, 0.5) is 0 Å². The van der Waals surface area contributed by atoms with Crippen LogP contribution in [0.5, 0.6) is 11.6 Å². The maximum atomic E-state index is 6.10. The Labute approximate surface area is 128 Å². The van der Waals surface area contributed by atoms with Crippen LogP contribution in [-0.4, -0.2) is 11.0 Å². The molecule has 20 heavy (non-hydrogen) atoms. The van der Waals surface area contributed by atoms with Gasteiger partial charge in [0.05, 0.1) is 5.02 Å². The third-order valence-electron chi connectivity index (χ3n) is 2.96. The monoisotopic (exact) mass is 310 g/mol. The number of nitrogens with two attached hydrogens (primary N) is 1. The van der Waals surface area contributed by atoms with Crippen LogP contribution in [0.15, 0.2) is 36.5 Å². The Balaban J connectivity index is 2.24. The fourth-order valence-corrected chi connectivity index (χ4v) is 2.21. The van der Waals surface area contributed by atoms with Crippen LogP contribution in [0, 0.1) is 0 Å². The van der Waals surface area contributed by atoms with Gasteiger partial charge in [0, 0.05) is 22.8 Å². The van der Waals surface area contributed by atoms with Crippen molar-refractivity contribution in [2.24, 2.45) is 5.73 Å². The molecule has 0 amide bonds. The second-order valence-corrected chi connectivity index (χ2v) is 5.36. The summed E-state index contributed by atoms with van der Waals surface area (Å²) in [5.41, 5.74) is 6.96. The number of hydrogen-bond donors (Lipinski definition) is 1. The van der Waals surface area contributed by atoms with Crippen molar-refractivity contribution >= 4 is 23.2 Å². The fourth-order valence-electron chi connectivity index (χ4n) is 1.76. The molecule has 106 valence electrons. The third-order valence-corrected chi connectivity index (χ3v) is 3.49. The third kappa shape index (κ3) is 3.85.